The van der Waals surface area contributed by atoms with Crippen LogP contribution < -0.4 is 15.8 Å². The maximum atomic E-state index is 12.8. The number of anilines is 1. The fourth-order valence-electron chi connectivity index (χ4n) is 3.80. The Bertz CT molecular complexity index is 1120. The molecule has 0 amide bonds. The van der Waals surface area contributed by atoms with Crippen molar-refractivity contribution in [2.75, 3.05) is 24.5 Å². The predicted octanol–water partition coefficient (Wildman–Crippen LogP) is 3.06. The first-order valence-corrected chi connectivity index (χ1v) is 10.0. The normalized spacial score (nSPS) is 17.1. The number of fused-ring (bicyclic) bond motifs is 1. The number of benzene rings is 1. The van der Waals surface area contributed by atoms with Crippen LogP contribution in [0.5, 0.6) is 5.75 Å². The van der Waals surface area contributed by atoms with Gasteiger partial charge in [-0.2, -0.15) is 0 Å². The van der Waals surface area contributed by atoms with Gasteiger partial charge in [0, 0.05) is 49.9 Å². The molecular weight excluding hydrogens is 390 g/mol. The van der Waals surface area contributed by atoms with E-state index in [1.165, 1.54) is 16.5 Å². The molecule has 4 rings (SSSR count). The molecule has 0 saturated carbocycles. The number of piperazine rings is 1. The molecular formula is C22H24F2N4O2. The Balaban J connectivity index is 1.67. The summed E-state index contributed by atoms with van der Waals surface area (Å²) < 4.78 is 26.6. The van der Waals surface area contributed by atoms with Crippen molar-refractivity contribution >= 4 is 11.3 Å². The lowest BCUT2D eigenvalue weighted by Crippen LogP contribution is -2.49. The second kappa shape index (κ2) is 8.39. The van der Waals surface area contributed by atoms with Gasteiger partial charge in [-0.25, -0.2) is 13.8 Å². The number of pyridine rings is 1. The second-order valence-electron chi connectivity index (χ2n) is 7.67. The number of phenols is 1. The molecule has 2 aromatic heterocycles. The van der Waals surface area contributed by atoms with Crippen molar-refractivity contribution in [3.05, 3.63) is 58.5 Å². The summed E-state index contributed by atoms with van der Waals surface area (Å²) in [6.07, 6.45) is -0.921. The van der Waals surface area contributed by atoms with Crippen LogP contribution in [0.2, 0.25) is 0 Å². The number of aryl methyl sites for hydroxylation is 1. The Morgan fingerprint density at radius 3 is 2.87 bits per heavy atom. The van der Waals surface area contributed by atoms with Crippen molar-refractivity contribution < 1.29 is 13.9 Å². The minimum absolute atomic E-state index is 0.0354. The number of rotatable bonds is 5. The Hall–Kier alpha value is -3.00. The van der Waals surface area contributed by atoms with Crippen LogP contribution in [0.3, 0.4) is 0 Å². The summed E-state index contributed by atoms with van der Waals surface area (Å²) in [5, 5.41) is 13.4. The quantitative estimate of drug-likeness (QED) is 0.672. The van der Waals surface area contributed by atoms with Gasteiger partial charge in [0.1, 0.15) is 11.4 Å². The van der Waals surface area contributed by atoms with E-state index in [2.05, 4.69) is 22.1 Å². The molecule has 1 atom stereocenters. The number of phenolic OH excluding ortho intramolecular Hbond substituents is 1. The van der Waals surface area contributed by atoms with Gasteiger partial charge >= 0.3 is 0 Å². The van der Waals surface area contributed by atoms with Crippen LogP contribution in [-0.2, 0) is 6.42 Å². The Morgan fingerprint density at radius 2 is 2.10 bits per heavy atom. The van der Waals surface area contributed by atoms with Crippen LogP contribution in [0.25, 0.3) is 16.9 Å². The number of aromatic nitrogens is 2. The van der Waals surface area contributed by atoms with Gasteiger partial charge in [0.15, 0.2) is 0 Å². The molecule has 158 valence electrons. The first-order chi connectivity index (χ1) is 14.4. The van der Waals surface area contributed by atoms with E-state index in [-0.39, 0.29) is 24.2 Å². The SMILES string of the molecule is C[C@H]1CN(c2ccc3nc(-c4ccc(O)c(CCC(F)F)c4)cc(=O)n3c2)CCN1. The summed E-state index contributed by atoms with van der Waals surface area (Å²) in [4.78, 5) is 19.6. The third-order valence-corrected chi connectivity index (χ3v) is 5.39. The van der Waals surface area contributed by atoms with Crippen LogP contribution in [0, 0.1) is 0 Å². The van der Waals surface area contributed by atoms with Crippen molar-refractivity contribution in [3.63, 3.8) is 0 Å². The maximum absolute atomic E-state index is 12.8. The molecule has 30 heavy (non-hydrogen) atoms. The van der Waals surface area contributed by atoms with E-state index in [4.69, 9.17) is 0 Å². The number of alkyl halides is 2. The zero-order chi connectivity index (χ0) is 21.3. The van der Waals surface area contributed by atoms with Gasteiger partial charge in [0.25, 0.3) is 5.56 Å². The number of halogens is 2. The van der Waals surface area contributed by atoms with E-state index in [1.807, 2.05) is 12.1 Å². The number of hydrogen-bond acceptors (Lipinski definition) is 5. The highest BCUT2D eigenvalue weighted by Gasteiger charge is 2.17. The van der Waals surface area contributed by atoms with Crippen molar-refractivity contribution in [1.82, 2.24) is 14.7 Å². The highest BCUT2D eigenvalue weighted by Crippen LogP contribution is 2.26. The van der Waals surface area contributed by atoms with Gasteiger partial charge in [-0.1, -0.05) is 0 Å². The average Bonchev–Trinajstić information content (AvgIpc) is 2.73. The predicted molar refractivity (Wildman–Crippen MR) is 113 cm³/mol. The maximum Gasteiger partial charge on any atom is 0.258 e. The molecule has 0 aliphatic carbocycles. The van der Waals surface area contributed by atoms with Gasteiger partial charge < -0.3 is 15.3 Å². The van der Waals surface area contributed by atoms with Gasteiger partial charge in [-0.3, -0.25) is 9.20 Å². The number of aromatic hydroxyl groups is 1. The molecule has 0 bridgehead atoms. The smallest absolute Gasteiger partial charge is 0.258 e. The second-order valence-corrected chi connectivity index (χ2v) is 7.67. The molecule has 2 N–H and O–H groups in total. The average molecular weight is 414 g/mol. The zero-order valence-corrected chi connectivity index (χ0v) is 16.7. The van der Waals surface area contributed by atoms with E-state index in [9.17, 15) is 18.7 Å². The molecule has 0 unspecified atom stereocenters. The lowest BCUT2D eigenvalue weighted by Gasteiger charge is -2.33. The summed E-state index contributed by atoms with van der Waals surface area (Å²) in [5.41, 5.74) is 2.72. The summed E-state index contributed by atoms with van der Waals surface area (Å²) >= 11 is 0. The van der Waals surface area contributed by atoms with Gasteiger partial charge in [0.05, 0.1) is 11.4 Å². The Labute approximate surface area is 172 Å². The largest absolute Gasteiger partial charge is 0.508 e. The third-order valence-electron chi connectivity index (χ3n) is 5.39. The number of hydrogen-bond donors (Lipinski definition) is 2. The van der Waals surface area contributed by atoms with Gasteiger partial charge in [0.2, 0.25) is 6.43 Å². The first-order valence-electron chi connectivity index (χ1n) is 10.0. The fourth-order valence-corrected chi connectivity index (χ4v) is 3.80. The molecule has 6 nitrogen and oxygen atoms in total. The summed E-state index contributed by atoms with van der Waals surface area (Å²) in [6.45, 7) is 4.74. The topological polar surface area (TPSA) is 69.9 Å². The Morgan fingerprint density at radius 1 is 1.27 bits per heavy atom. The zero-order valence-electron chi connectivity index (χ0n) is 16.7. The highest BCUT2D eigenvalue weighted by molar-refractivity contribution is 5.64. The fraction of sp³-hybridized carbons (Fsp3) is 0.364. The lowest BCUT2D eigenvalue weighted by molar-refractivity contribution is 0.138. The standard InChI is InChI=1S/C22H24F2N4O2/c1-14-12-27(9-8-25-14)17-4-7-21-26-18(11-22(30)28(21)13-17)15-2-5-19(29)16(10-15)3-6-20(23)24/h2,4-5,7,10-11,13-14,20,25,29H,3,6,8-9,12H2,1H3/t14-/m0/s1. The van der Waals surface area contributed by atoms with E-state index < -0.39 is 6.43 Å². The first kappa shape index (κ1) is 20.3. The van der Waals surface area contributed by atoms with Crippen LogP contribution in [0.4, 0.5) is 14.5 Å². The van der Waals surface area contributed by atoms with E-state index in [1.54, 1.807) is 18.3 Å². The van der Waals surface area contributed by atoms with Crippen molar-refractivity contribution in [1.29, 1.82) is 0 Å². The number of nitrogens with zero attached hydrogens (tertiary/aromatic N) is 3. The molecule has 3 aromatic rings. The van der Waals surface area contributed by atoms with E-state index >= 15 is 0 Å². The molecule has 8 heteroatoms. The summed E-state index contributed by atoms with van der Waals surface area (Å²) in [6, 6.07) is 10.3. The van der Waals surface area contributed by atoms with Crippen LogP contribution in [0.15, 0.2) is 47.4 Å². The van der Waals surface area contributed by atoms with E-state index in [0.29, 0.717) is 28.5 Å². The summed E-state index contributed by atoms with van der Waals surface area (Å²) in [5.74, 6) is -0.0354. The van der Waals surface area contributed by atoms with E-state index in [0.717, 1.165) is 25.3 Å². The van der Waals surface area contributed by atoms with Crippen LogP contribution in [-0.4, -0.2) is 46.6 Å². The minimum atomic E-state index is -2.44. The third kappa shape index (κ3) is 4.28. The molecule has 1 saturated heterocycles. The van der Waals surface area contributed by atoms with Crippen LogP contribution >= 0.6 is 0 Å². The molecule has 1 aromatic carbocycles. The monoisotopic (exact) mass is 414 g/mol. The van der Waals surface area contributed by atoms with Crippen molar-refractivity contribution in [3.8, 4) is 17.0 Å². The molecule has 1 fully saturated rings. The lowest BCUT2D eigenvalue weighted by atomic mass is 10.0. The van der Waals surface area contributed by atoms with Crippen LogP contribution in [0.1, 0.15) is 18.9 Å². The Kier molecular flexibility index (Phi) is 5.67. The summed E-state index contributed by atoms with van der Waals surface area (Å²) in [7, 11) is 0. The molecule has 0 spiro atoms. The number of nitrogens with one attached hydrogen (secondary N) is 1. The molecule has 1 aliphatic heterocycles. The molecule has 0 radical (unpaired) electrons. The highest BCUT2D eigenvalue weighted by atomic mass is 19.3. The van der Waals surface area contributed by atoms with Crippen molar-refractivity contribution in [2.45, 2.75) is 32.2 Å². The molecule has 1 aliphatic rings. The molecule has 3 heterocycles. The minimum Gasteiger partial charge on any atom is -0.508 e. The van der Waals surface area contributed by atoms with Gasteiger partial charge in [-0.15, -0.1) is 0 Å². The van der Waals surface area contributed by atoms with Crippen molar-refractivity contribution in [2.24, 2.45) is 0 Å². The van der Waals surface area contributed by atoms with Gasteiger partial charge in [-0.05, 0) is 49.2 Å².